The van der Waals surface area contributed by atoms with Crippen LogP contribution in [-0.2, 0) is 6.42 Å². The fourth-order valence-corrected chi connectivity index (χ4v) is 7.40. The molecule has 2 aromatic carbocycles. The number of rotatable bonds is 4. The average Bonchev–Trinajstić information content (AvgIpc) is 3.63. The summed E-state index contributed by atoms with van der Waals surface area (Å²) in [5.74, 6) is 1.64. The summed E-state index contributed by atoms with van der Waals surface area (Å²) in [5, 5.41) is 21.0. The summed E-state index contributed by atoms with van der Waals surface area (Å²) < 4.78 is 0. The van der Waals surface area contributed by atoms with E-state index in [1.54, 1.807) is 0 Å². The zero-order valence-corrected chi connectivity index (χ0v) is 23.3. The Hall–Kier alpha value is -4.36. The van der Waals surface area contributed by atoms with Crippen molar-refractivity contribution in [1.29, 1.82) is 5.26 Å². The van der Waals surface area contributed by atoms with E-state index in [2.05, 4.69) is 73.6 Å². The minimum atomic E-state index is -0.395. The van der Waals surface area contributed by atoms with Crippen LogP contribution in [0.25, 0.3) is 11.2 Å². The predicted octanol–water partition coefficient (Wildman–Crippen LogP) is 4.25. The van der Waals surface area contributed by atoms with Crippen LogP contribution in [0, 0.1) is 16.7 Å². The number of benzene rings is 2. The number of nitrogens with zero attached hydrogens (tertiary/aromatic N) is 7. The van der Waals surface area contributed by atoms with Crippen LogP contribution in [0.1, 0.15) is 42.9 Å². The third kappa shape index (κ3) is 3.61. The number of hydrogen-bond donors (Lipinski definition) is 3. The van der Waals surface area contributed by atoms with E-state index < -0.39 is 5.54 Å². The Morgan fingerprint density at radius 2 is 1.88 bits per heavy atom. The van der Waals surface area contributed by atoms with Crippen LogP contribution in [-0.4, -0.2) is 58.9 Å². The lowest BCUT2D eigenvalue weighted by atomic mass is 9.73. The summed E-state index contributed by atoms with van der Waals surface area (Å²) >= 11 is 0. The first-order valence-electron chi connectivity index (χ1n) is 14.6. The number of nitrogens with two attached hydrogens (primary N) is 1. The molecule has 0 unspecified atom stereocenters. The van der Waals surface area contributed by atoms with Crippen LogP contribution >= 0.6 is 0 Å². The highest BCUT2D eigenvalue weighted by molar-refractivity contribution is 5.91. The van der Waals surface area contributed by atoms with Gasteiger partial charge in [0, 0.05) is 45.0 Å². The molecule has 4 aliphatic rings. The van der Waals surface area contributed by atoms with E-state index in [9.17, 15) is 5.26 Å². The average molecular weight is 547 g/mol. The smallest absolute Gasteiger partial charge is 0.183 e. The molecule has 8 rings (SSSR count). The summed E-state index contributed by atoms with van der Waals surface area (Å²) in [6.45, 7) is 3.28. The van der Waals surface area contributed by atoms with Gasteiger partial charge in [-0.2, -0.15) is 10.4 Å². The number of hydrogen-bond acceptors (Lipinski definition) is 9. The first kappa shape index (κ1) is 24.4. The largest absolute Gasteiger partial charge is 0.388 e. The maximum absolute atomic E-state index is 9.93. The molecule has 0 radical (unpaired) electrons. The van der Waals surface area contributed by atoms with E-state index in [-0.39, 0.29) is 11.5 Å². The Labute approximate surface area is 239 Å². The molecule has 10 nitrogen and oxygen atoms in total. The highest BCUT2D eigenvalue weighted by atomic mass is 15.4. The van der Waals surface area contributed by atoms with Crippen molar-refractivity contribution in [1.82, 2.24) is 20.2 Å². The second-order valence-electron chi connectivity index (χ2n) is 12.1. The van der Waals surface area contributed by atoms with Crippen LogP contribution < -0.4 is 25.8 Å². The lowest BCUT2D eigenvalue weighted by Crippen LogP contribution is -2.45. The monoisotopic (exact) mass is 546 g/mol. The molecule has 4 aromatic rings. The first-order chi connectivity index (χ1) is 20.0. The maximum atomic E-state index is 9.93. The summed E-state index contributed by atoms with van der Waals surface area (Å²) in [6, 6.07) is 17.6. The van der Waals surface area contributed by atoms with Gasteiger partial charge in [0.15, 0.2) is 17.0 Å². The summed E-state index contributed by atoms with van der Waals surface area (Å²) in [5.41, 5.74) is 13.8. The number of piperidine rings is 1. The standard InChI is InChI=1S/C31H34N10/c1-34-21-6-7-23-24(16-21)41(31(19-32)8-9-31)15-14-40(23)29-26-28(37-38-29)36-25(18-35-26)39-12-10-30(11-13-39)17-20-4-2-3-5-22(20)27(30)33/h2-7,16,18,27,34H,8-15,17,33H2,1H3,(H,36,37,38)/t27-/m1/s1. The van der Waals surface area contributed by atoms with E-state index in [1.807, 2.05) is 13.2 Å². The molecule has 2 aliphatic heterocycles. The van der Waals surface area contributed by atoms with Gasteiger partial charge in [0.1, 0.15) is 11.4 Å². The van der Waals surface area contributed by atoms with Crippen molar-refractivity contribution >= 4 is 39.9 Å². The van der Waals surface area contributed by atoms with E-state index in [4.69, 9.17) is 20.8 Å². The van der Waals surface area contributed by atoms with E-state index in [0.29, 0.717) is 5.65 Å². The van der Waals surface area contributed by atoms with Crippen LogP contribution in [0.5, 0.6) is 0 Å². The van der Waals surface area contributed by atoms with Crippen molar-refractivity contribution < 1.29 is 0 Å². The molecule has 4 N–H and O–H groups in total. The molecular weight excluding hydrogens is 512 g/mol. The molecule has 0 amide bonds. The number of aromatic nitrogens is 4. The van der Waals surface area contributed by atoms with Crippen molar-refractivity contribution in [3.05, 3.63) is 59.8 Å². The third-order valence-corrected chi connectivity index (χ3v) is 10.0. The molecule has 2 fully saturated rings. The lowest BCUT2D eigenvalue weighted by molar-refractivity contribution is 0.187. The zero-order valence-electron chi connectivity index (χ0n) is 23.3. The van der Waals surface area contributed by atoms with Gasteiger partial charge in [0.25, 0.3) is 0 Å². The van der Waals surface area contributed by atoms with Gasteiger partial charge in [-0.25, -0.2) is 9.97 Å². The molecule has 208 valence electrons. The molecule has 1 saturated carbocycles. The lowest BCUT2D eigenvalue weighted by Gasteiger charge is -2.42. The fraction of sp³-hybridized carbons (Fsp3) is 0.419. The normalized spacial score (nSPS) is 22.0. The number of aromatic amines is 1. The highest BCUT2D eigenvalue weighted by Crippen LogP contribution is 2.52. The Balaban J connectivity index is 1.06. The Bertz CT molecular complexity index is 1690. The number of fused-ring (bicyclic) bond motifs is 3. The van der Waals surface area contributed by atoms with E-state index in [1.165, 1.54) is 11.1 Å². The molecule has 1 atom stereocenters. The van der Waals surface area contributed by atoms with Crippen LogP contribution in [0.2, 0.25) is 0 Å². The van der Waals surface area contributed by atoms with Crippen molar-refractivity contribution in [2.75, 3.05) is 53.2 Å². The van der Waals surface area contributed by atoms with Crippen molar-refractivity contribution in [2.24, 2.45) is 11.1 Å². The van der Waals surface area contributed by atoms with Gasteiger partial charge in [-0.3, -0.25) is 5.10 Å². The Kier molecular flexibility index (Phi) is 5.26. The van der Waals surface area contributed by atoms with E-state index >= 15 is 0 Å². The SMILES string of the molecule is CNc1ccc2c(c1)N(C1(C#N)CC1)CCN2c1n[nH]c2nc(N3CCC4(CC3)Cc3ccccc3[C@H]4N)cnc12. The third-order valence-electron chi connectivity index (χ3n) is 10.0. The topological polar surface area (TPSA) is 126 Å². The molecule has 41 heavy (non-hydrogen) atoms. The van der Waals surface area contributed by atoms with Crippen LogP contribution in [0.3, 0.4) is 0 Å². The van der Waals surface area contributed by atoms with E-state index in [0.717, 1.165) is 92.5 Å². The maximum Gasteiger partial charge on any atom is 0.183 e. The van der Waals surface area contributed by atoms with Gasteiger partial charge < -0.3 is 25.8 Å². The molecule has 1 saturated heterocycles. The zero-order chi connectivity index (χ0) is 27.8. The highest BCUT2D eigenvalue weighted by Gasteiger charge is 2.51. The molecule has 2 aliphatic carbocycles. The quantitative estimate of drug-likeness (QED) is 0.344. The van der Waals surface area contributed by atoms with Gasteiger partial charge >= 0.3 is 0 Å². The van der Waals surface area contributed by atoms with Crippen LogP contribution in [0.15, 0.2) is 48.7 Å². The first-order valence-corrected chi connectivity index (χ1v) is 14.6. The second kappa shape index (κ2) is 8.82. The van der Waals surface area contributed by atoms with Crippen molar-refractivity contribution in [2.45, 2.75) is 43.7 Å². The Morgan fingerprint density at radius 1 is 1.05 bits per heavy atom. The molecule has 2 aromatic heterocycles. The molecule has 1 spiro atoms. The summed E-state index contributed by atoms with van der Waals surface area (Å²) in [4.78, 5) is 16.7. The molecule has 4 heterocycles. The van der Waals surface area contributed by atoms with Gasteiger partial charge in [-0.15, -0.1) is 0 Å². The number of nitriles is 1. The minimum absolute atomic E-state index is 0.0973. The summed E-state index contributed by atoms with van der Waals surface area (Å²) in [7, 11) is 1.92. The van der Waals surface area contributed by atoms with Gasteiger partial charge in [0.05, 0.1) is 23.6 Å². The second-order valence-corrected chi connectivity index (χ2v) is 12.1. The van der Waals surface area contributed by atoms with Gasteiger partial charge in [-0.05, 0) is 66.8 Å². The minimum Gasteiger partial charge on any atom is -0.388 e. The Morgan fingerprint density at radius 3 is 2.63 bits per heavy atom. The predicted molar refractivity (Wildman–Crippen MR) is 161 cm³/mol. The number of H-pyrrole nitrogens is 1. The summed E-state index contributed by atoms with van der Waals surface area (Å²) in [6.07, 6.45) is 6.84. The molecular formula is C31H34N10. The van der Waals surface area contributed by atoms with Crippen molar-refractivity contribution in [3.8, 4) is 6.07 Å². The van der Waals surface area contributed by atoms with Gasteiger partial charge in [0.2, 0.25) is 0 Å². The van der Waals surface area contributed by atoms with Gasteiger partial charge in [-0.1, -0.05) is 24.3 Å². The van der Waals surface area contributed by atoms with Crippen molar-refractivity contribution in [3.63, 3.8) is 0 Å². The fourth-order valence-electron chi connectivity index (χ4n) is 7.40. The molecule has 10 heteroatoms. The number of anilines is 5. The number of nitrogens with one attached hydrogen (secondary N) is 2. The van der Waals surface area contributed by atoms with Crippen LogP contribution in [0.4, 0.5) is 28.7 Å². The molecule has 0 bridgehead atoms.